The highest BCUT2D eigenvalue weighted by Crippen LogP contribution is 2.27. The van der Waals surface area contributed by atoms with E-state index in [1.54, 1.807) is 12.1 Å². The molecule has 1 N–H and O–H groups in total. The summed E-state index contributed by atoms with van der Waals surface area (Å²) in [5.74, 6) is 0.387. The van der Waals surface area contributed by atoms with Crippen LogP contribution in [0.2, 0.25) is 5.02 Å². The zero-order valence-corrected chi connectivity index (χ0v) is 13.2. The smallest absolute Gasteiger partial charge is 0.142 e. The average Bonchev–Trinajstić information content (AvgIpc) is 2.48. The van der Waals surface area contributed by atoms with E-state index in [2.05, 4.69) is 18.3 Å². The van der Waals surface area contributed by atoms with E-state index < -0.39 is 5.82 Å². The van der Waals surface area contributed by atoms with Gasteiger partial charge in [-0.1, -0.05) is 29.8 Å². The molecule has 0 bridgehead atoms. The minimum absolute atomic E-state index is 0.124. The Hall–Kier alpha value is -1.58. The Labute approximate surface area is 129 Å². The van der Waals surface area contributed by atoms with Crippen molar-refractivity contribution < 1.29 is 9.13 Å². The summed E-state index contributed by atoms with van der Waals surface area (Å²) in [6, 6.07) is 11.0. The fraction of sp³-hybridized carbons (Fsp3) is 0.294. The number of nitrogens with one attached hydrogen (secondary N) is 1. The van der Waals surface area contributed by atoms with Gasteiger partial charge in [0, 0.05) is 11.6 Å². The number of hydrogen-bond acceptors (Lipinski definition) is 2. The molecule has 1 atom stereocenters. The second-order valence-corrected chi connectivity index (χ2v) is 5.50. The fourth-order valence-electron chi connectivity index (χ4n) is 2.07. The van der Waals surface area contributed by atoms with E-state index in [9.17, 15) is 4.39 Å². The summed E-state index contributed by atoms with van der Waals surface area (Å²) < 4.78 is 19.3. The Morgan fingerprint density at radius 1 is 1.24 bits per heavy atom. The van der Waals surface area contributed by atoms with E-state index in [1.807, 2.05) is 26.1 Å². The highest BCUT2D eigenvalue weighted by atomic mass is 35.5. The normalized spacial score (nSPS) is 12.2. The standard InChI is InChI=1S/C17H19ClFNO/c1-11-4-6-14(12(2)20-3)17(8-11)21-10-13-5-7-15(18)16(19)9-13/h4-9,12,20H,10H2,1-3H3. The molecule has 0 aromatic heterocycles. The van der Waals surface area contributed by atoms with Gasteiger partial charge in [0.1, 0.15) is 18.2 Å². The molecule has 2 nitrogen and oxygen atoms in total. The first-order valence-corrected chi connectivity index (χ1v) is 7.23. The van der Waals surface area contributed by atoms with Crippen molar-refractivity contribution in [3.05, 3.63) is 63.9 Å². The number of rotatable bonds is 5. The van der Waals surface area contributed by atoms with Crippen molar-refractivity contribution in [1.82, 2.24) is 5.32 Å². The van der Waals surface area contributed by atoms with E-state index in [4.69, 9.17) is 16.3 Å². The second kappa shape index (κ2) is 6.92. The van der Waals surface area contributed by atoms with E-state index in [0.717, 1.165) is 22.4 Å². The van der Waals surface area contributed by atoms with Gasteiger partial charge in [-0.25, -0.2) is 4.39 Å². The van der Waals surface area contributed by atoms with Gasteiger partial charge in [-0.15, -0.1) is 0 Å². The van der Waals surface area contributed by atoms with E-state index in [1.165, 1.54) is 6.07 Å². The monoisotopic (exact) mass is 307 g/mol. The lowest BCUT2D eigenvalue weighted by molar-refractivity contribution is 0.299. The second-order valence-electron chi connectivity index (χ2n) is 5.09. The summed E-state index contributed by atoms with van der Waals surface area (Å²) in [5, 5.41) is 3.32. The van der Waals surface area contributed by atoms with Crippen LogP contribution in [0, 0.1) is 12.7 Å². The highest BCUT2D eigenvalue weighted by molar-refractivity contribution is 6.30. The number of benzene rings is 2. The number of ether oxygens (including phenoxy) is 1. The zero-order chi connectivity index (χ0) is 15.4. The van der Waals surface area contributed by atoms with Crippen LogP contribution in [0.1, 0.15) is 29.7 Å². The molecule has 0 spiro atoms. The molecule has 2 rings (SSSR count). The van der Waals surface area contributed by atoms with Crippen LogP contribution in [0.3, 0.4) is 0 Å². The molecule has 0 aliphatic rings. The number of aryl methyl sites for hydroxylation is 1. The van der Waals surface area contributed by atoms with E-state index in [0.29, 0.717) is 6.61 Å². The van der Waals surface area contributed by atoms with Gasteiger partial charge < -0.3 is 10.1 Å². The molecule has 0 aliphatic carbocycles. The molecule has 21 heavy (non-hydrogen) atoms. The highest BCUT2D eigenvalue weighted by Gasteiger charge is 2.11. The van der Waals surface area contributed by atoms with Gasteiger partial charge in [-0.2, -0.15) is 0 Å². The predicted octanol–water partition coefficient (Wildman–Crippen LogP) is 4.65. The van der Waals surface area contributed by atoms with Crippen LogP contribution in [0.5, 0.6) is 5.75 Å². The molecule has 2 aromatic carbocycles. The molecule has 0 saturated heterocycles. The third-order valence-corrected chi connectivity index (χ3v) is 3.75. The van der Waals surface area contributed by atoms with Crippen molar-refractivity contribution >= 4 is 11.6 Å². The average molecular weight is 308 g/mol. The Morgan fingerprint density at radius 2 is 2.00 bits per heavy atom. The number of hydrogen-bond donors (Lipinski definition) is 1. The quantitative estimate of drug-likeness (QED) is 0.868. The van der Waals surface area contributed by atoms with Gasteiger partial charge in [0.15, 0.2) is 0 Å². The minimum Gasteiger partial charge on any atom is -0.489 e. The summed E-state index contributed by atoms with van der Waals surface area (Å²) in [5.41, 5.74) is 2.96. The summed E-state index contributed by atoms with van der Waals surface area (Å²) in [4.78, 5) is 0. The summed E-state index contributed by atoms with van der Waals surface area (Å²) in [6.45, 7) is 4.39. The van der Waals surface area contributed by atoms with Gasteiger partial charge >= 0.3 is 0 Å². The third kappa shape index (κ3) is 3.96. The molecule has 0 saturated carbocycles. The molecule has 0 fully saturated rings. The minimum atomic E-state index is -0.425. The van der Waals surface area contributed by atoms with Crippen LogP contribution in [0.15, 0.2) is 36.4 Å². The SMILES string of the molecule is CNC(C)c1ccc(C)cc1OCc1ccc(Cl)c(F)c1. The Morgan fingerprint density at radius 3 is 2.67 bits per heavy atom. The topological polar surface area (TPSA) is 21.3 Å². The Bertz CT molecular complexity index is 630. The first kappa shape index (κ1) is 15.8. The van der Waals surface area contributed by atoms with Gasteiger partial charge in [0.25, 0.3) is 0 Å². The Kier molecular flexibility index (Phi) is 5.21. The summed E-state index contributed by atoms with van der Waals surface area (Å²) in [6.07, 6.45) is 0. The van der Waals surface area contributed by atoms with Crippen LogP contribution in [-0.4, -0.2) is 7.05 Å². The first-order chi connectivity index (χ1) is 10.0. The van der Waals surface area contributed by atoms with Crippen LogP contribution in [0.4, 0.5) is 4.39 Å². The van der Waals surface area contributed by atoms with Crippen molar-refractivity contribution in [1.29, 1.82) is 0 Å². The molecule has 112 valence electrons. The maximum Gasteiger partial charge on any atom is 0.142 e. The lowest BCUT2D eigenvalue weighted by Crippen LogP contribution is -2.14. The van der Waals surface area contributed by atoms with Crippen molar-refractivity contribution in [2.24, 2.45) is 0 Å². The molecule has 0 aliphatic heterocycles. The van der Waals surface area contributed by atoms with Crippen molar-refractivity contribution in [3.63, 3.8) is 0 Å². The number of halogens is 2. The van der Waals surface area contributed by atoms with Gasteiger partial charge in [-0.3, -0.25) is 0 Å². The van der Waals surface area contributed by atoms with Crippen molar-refractivity contribution in [2.45, 2.75) is 26.5 Å². The van der Waals surface area contributed by atoms with E-state index in [-0.39, 0.29) is 11.1 Å². The largest absolute Gasteiger partial charge is 0.489 e. The summed E-state index contributed by atoms with van der Waals surface area (Å²) >= 11 is 5.68. The van der Waals surface area contributed by atoms with Crippen LogP contribution < -0.4 is 10.1 Å². The van der Waals surface area contributed by atoms with Crippen molar-refractivity contribution in [3.8, 4) is 5.75 Å². The van der Waals surface area contributed by atoms with E-state index >= 15 is 0 Å². The molecule has 0 amide bonds. The van der Waals surface area contributed by atoms with Crippen LogP contribution in [0.25, 0.3) is 0 Å². The predicted molar refractivity (Wildman–Crippen MR) is 84.4 cm³/mol. The molecule has 2 aromatic rings. The Balaban J connectivity index is 2.18. The molecule has 0 radical (unpaired) electrons. The van der Waals surface area contributed by atoms with Crippen molar-refractivity contribution in [2.75, 3.05) is 7.05 Å². The lowest BCUT2D eigenvalue weighted by Gasteiger charge is -2.17. The van der Waals surface area contributed by atoms with Gasteiger partial charge in [-0.05, 0) is 50.2 Å². The molecule has 1 unspecified atom stereocenters. The van der Waals surface area contributed by atoms with Crippen LogP contribution in [-0.2, 0) is 6.61 Å². The molecular formula is C17H19ClFNO. The lowest BCUT2D eigenvalue weighted by atomic mass is 10.1. The maximum atomic E-state index is 13.4. The first-order valence-electron chi connectivity index (χ1n) is 6.86. The maximum absolute atomic E-state index is 13.4. The van der Waals surface area contributed by atoms with Gasteiger partial charge in [0.2, 0.25) is 0 Å². The molecular weight excluding hydrogens is 289 g/mol. The van der Waals surface area contributed by atoms with Crippen LogP contribution >= 0.6 is 11.6 Å². The van der Waals surface area contributed by atoms with Gasteiger partial charge in [0.05, 0.1) is 5.02 Å². The molecule has 4 heteroatoms. The summed E-state index contributed by atoms with van der Waals surface area (Å²) in [7, 11) is 1.91. The zero-order valence-electron chi connectivity index (χ0n) is 12.4. The third-order valence-electron chi connectivity index (χ3n) is 3.45. The fourth-order valence-corrected chi connectivity index (χ4v) is 2.19. The molecule has 0 heterocycles.